The Labute approximate surface area is 123 Å². The normalized spacial score (nSPS) is 22.1. The monoisotopic (exact) mass is 285 g/mol. The maximum atomic E-state index is 11.5. The zero-order chi connectivity index (χ0) is 14.8. The van der Waals surface area contributed by atoms with E-state index in [-0.39, 0.29) is 11.8 Å². The molecule has 2 atom stereocenters. The van der Waals surface area contributed by atoms with Gasteiger partial charge in [0.2, 0.25) is 0 Å². The Bertz CT molecular complexity index is 636. The second kappa shape index (κ2) is 5.68. The second-order valence-electron chi connectivity index (χ2n) is 5.61. The number of carbonyl (C=O) groups is 1. The SMILES string of the molecule is Cc1nnc(C2CCCCC2C(=O)O)n1-c1ccccc1. The van der Waals surface area contributed by atoms with Crippen LogP contribution in [-0.4, -0.2) is 25.8 Å². The second-order valence-corrected chi connectivity index (χ2v) is 5.61. The highest BCUT2D eigenvalue weighted by molar-refractivity contribution is 5.71. The molecular weight excluding hydrogens is 266 g/mol. The molecule has 0 aliphatic heterocycles. The van der Waals surface area contributed by atoms with Gasteiger partial charge in [-0.25, -0.2) is 0 Å². The zero-order valence-corrected chi connectivity index (χ0v) is 12.1. The van der Waals surface area contributed by atoms with Crippen LogP contribution in [-0.2, 0) is 4.79 Å². The van der Waals surface area contributed by atoms with Gasteiger partial charge in [0.25, 0.3) is 0 Å². The lowest BCUT2D eigenvalue weighted by atomic mass is 9.78. The van der Waals surface area contributed by atoms with Gasteiger partial charge in [-0.05, 0) is 31.9 Å². The van der Waals surface area contributed by atoms with E-state index in [1.165, 1.54) is 0 Å². The lowest BCUT2D eigenvalue weighted by Crippen LogP contribution is -2.27. The molecule has 1 heterocycles. The number of aryl methyl sites for hydroxylation is 1. The molecule has 2 aromatic rings. The number of hydrogen-bond donors (Lipinski definition) is 1. The van der Waals surface area contributed by atoms with Crippen LogP contribution in [0.4, 0.5) is 0 Å². The Morgan fingerprint density at radius 1 is 1.19 bits per heavy atom. The fourth-order valence-electron chi connectivity index (χ4n) is 3.25. The summed E-state index contributed by atoms with van der Waals surface area (Å²) in [6.45, 7) is 1.90. The van der Waals surface area contributed by atoms with Crippen molar-refractivity contribution in [1.82, 2.24) is 14.8 Å². The smallest absolute Gasteiger partial charge is 0.307 e. The zero-order valence-electron chi connectivity index (χ0n) is 12.1. The van der Waals surface area contributed by atoms with Crippen LogP contribution in [0.3, 0.4) is 0 Å². The van der Waals surface area contributed by atoms with E-state index in [0.717, 1.165) is 43.0 Å². The van der Waals surface area contributed by atoms with Crippen molar-refractivity contribution >= 4 is 5.97 Å². The van der Waals surface area contributed by atoms with Crippen molar-refractivity contribution in [3.8, 4) is 5.69 Å². The van der Waals surface area contributed by atoms with Crippen molar-refractivity contribution < 1.29 is 9.90 Å². The molecule has 0 bridgehead atoms. The summed E-state index contributed by atoms with van der Waals surface area (Å²) in [5, 5.41) is 18.0. The predicted molar refractivity (Wildman–Crippen MR) is 78.4 cm³/mol. The molecule has 2 unspecified atom stereocenters. The molecule has 1 aliphatic carbocycles. The largest absolute Gasteiger partial charge is 0.481 e. The molecule has 21 heavy (non-hydrogen) atoms. The van der Waals surface area contributed by atoms with Crippen LogP contribution in [0.2, 0.25) is 0 Å². The molecule has 1 aliphatic rings. The lowest BCUT2D eigenvalue weighted by molar-refractivity contribution is -0.143. The molecule has 0 saturated heterocycles. The summed E-state index contributed by atoms with van der Waals surface area (Å²) in [5.74, 6) is 0.444. The summed E-state index contributed by atoms with van der Waals surface area (Å²) in [6.07, 6.45) is 3.61. The maximum absolute atomic E-state index is 11.5. The predicted octanol–water partition coefficient (Wildman–Crippen LogP) is 2.93. The van der Waals surface area contributed by atoms with E-state index < -0.39 is 5.97 Å². The van der Waals surface area contributed by atoms with Crippen LogP contribution in [0, 0.1) is 12.8 Å². The van der Waals surface area contributed by atoms with Gasteiger partial charge in [0.1, 0.15) is 11.6 Å². The van der Waals surface area contributed by atoms with Gasteiger partial charge in [-0.15, -0.1) is 10.2 Å². The molecule has 1 aromatic carbocycles. The first-order valence-corrected chi connectivity index (χ1v) is 7.38. The number of aromatic nitrogens is 3. The van der Waals surface area contributed by atoms with E-state index in [1.54, 1.807) is 0 Å². The average molecular weight is 285 g/mol. The van der Waals surface area contributed by atoms with Crippen molar-refractivity contribution in [3.63, 3.8) is 0 Å². The van der Waals surface area contributed by atoms with Gasteiger partial charge < -0.3 is 5.11 Å². The van der Waals surface area contributed by atoms with Crippen LogP contribution >= 0.6 is 0 Å². The summed E-state index contributed by atoms with van der Waals surface area (Å²) in [7, 11) is 0. The highest BCUT2D eigenvalue weighted by Crippen LogP contribution is 2.38. The third kappa shape index (κ3) is 2.55. The molecule has 1 saturated carbocycles. The molecule has 1 fully saturated rings. The third-order valence-corrected chi connectivity index (χ3v) is 4.28. The van der Waals surface area contributed by atoms with Crippen molar-refractivity contribution in [2.45, 2.75) is 38.5 Å². The van der Waals surface area contributed by atoms with E-state index in [9.17, 15) is 9.90 Å². The van der Waals surface area contributed by atoms with Crippen LogP contribution in [0.1, 0.15) is 43.3 Å². The quantitative estimate of drug-likeness (QED) is 0.941. The summed E-state index contributed by atoms with van der Waals surface area (Å²) in [5.41, 5.74) is 0.990. The van der Waals surface area contributed by atoms with E-state index in [1.807, 2.05) is 41.8 Å². The summed E-state index contributed by atoms with van der Waals surface area (Å²) < 4.78 is 1.99. The van der Waals surface area contributed by atoms with Crippen LogP contribution < -0.4 is 0 Å². The number of hydrogen-bond acceptors (Lipinski definition) is 3. The van der Waals surface area contributed by atoms with E-state index in [0.29, 0.717) is 0 Å². The van der Waals surface area contributed by atoms with Gasteiger partial charge in [-0.2, -0.15) is 0 Å². The summed E-state index contributed by atoms with van der Waals surface area (Å²) >= 11 is 0. The van der Waals surface area contributed by atoms with Gasteiger partial charge in [0.15, 0.2) is 0 Å². The molecule has 1 N–H and O–H groups in total. The van der Waals surface area contributed by atoms with Gasteiger partial charge in [-0.1, -0.05) is 31.0 Å². The van der Waals surface area contributed by atoms with Crippen molar-refractivity contribution in [2.24, 2.45) is 5.92 Å². The molecule has 5 nitrogen and oxygen atoms in total. The molecule has 0 radical (unpaired) electrons. The Morgan fingerprint density at radius 2 is 1.90 bits per heavy atom. The van der Waals surface area contributed by atoms with Gasteiger partial charge in [0.05, 0.1) is 5.92 Å². The van der Waals surface area contributed by atoms with Crippen molar-refractivity contribution in [1.29, 1.82) is 0 Å². The topological polar surface area (TPSA) is 68.0 Å². The van der Waals surface area contributed by atoms with E-state index >= 15 is 0 Å². The van der Waals surface area contributed by atoms with Gasteiger partial charge >= 0.3 is 5.97 Å². The average Bonchev–Trinajstić information content (AvgIpc) is 2.89. The number of aliphatic carboxylic acids is 1. The van der Waals surface area contributed by atoms with E-state index in [4.69, 9.17) is 0 Å². The van der Waals surface area contributed by atoms with Gasteiger partial charge in [0, 0.05) is 11.6 Å². The van der Waals surface area contributed by atoms with Gasteiger partial charge in [-0.3, -0.25) is 9.36 Å². The summed E-state index contributed by atoms with van der Waals surface area (Å²) in [6, 6.07) is 9.89. The number of carboxylic acid groups (broad SMARTS) is 1. The fourth-order valence-corrected chi connectivity index (χ4v) is 3.25. The highest BCUT2D eigenvalue weighted by Gasteiger charge is 2.35. The number of carboxylic acids is 1. The first-order chi connectivity index (χ1) is 10.2. The van der Waals surface area contributed by atoms with Crippen LogP contribution in [0.5, 0.6) is 0 Å². The fraction of sp³-hybridized carbons (Fsp3) is 0.438. The van der Waals surface area contributed by atoms with Crippen LogP contribution in [0.25, 0.3) is 5.69 Å². The number of para-hydroxylation sites is 1. The minimum atomic E-state index is -0.722. The first kappa shape index (κ1) is 13.8. The maximum Gasteiger partial charge on any atom is 0.307 e. The minimum absolute atomic E-state index is 0.0577. The molecule has 0 amide bonds. The number of rotatable bonds is 3. The Hall–Kier alpha value is -2.17. The minimum Gasteiger partial charge on any atom is -0.481 e. The van der Waals surface area contributed by atoms with Crippen molar-refractivity contribution in [2.75, 3.05) is 0 Å². The third-order valence-electron chi connectivity index (χ3n) is 4.28. The lowest BCUT2D eigenvalue weighted by Gasteiger charge is -2.28. The standard InChI is InChI=1S/C16H19N3O2/c1-11-17-18-15(19(11)12-7-3-2-4-8-12)13-9-5-6-10-14(13)16(20)21/h2-4,7-8,13-14H,5-6,9-10H2,1H3,(H,20,21). The summed E-state index contributed by atoms with van der Waals surface area (Å²) in [4.78, 5) is 11.5. The Balaban J connectivity index is 2.05. The Kier molecular flexibility index (Phi) is 3.73. The van der Waals surface area contributed by atoms with Crippen molar-refractivity contribution in [3.05, 3.63) is 42.0 Å². The van der Waals surface area contributed by atoms with E-state index in [2.05, 4.69) is 10.2 Å². The molecular formula is C16H19N3O2. The molecule has 110 valence electrons. The Morgan fingerprint density at radius 3 is 2.62 bits per heavy atom. The molecule has 0 spiro atoms. The molecule has 1 aromatic heterocycles. The first-order valence-electron chi connectivity index (χ1n) is 7.38. The molecule has 3 rings (SSSR count). The molecule has 5 heteroatoms. The number of nitrogens with zero attached hydrogens (tertiary/aromatic N) is 3. The number of benzene rings is 1. The van der Waals surface area contributed by atoms with Crippen LogP contribution in [0.15, 0.2) is 30.3 Å². The highest BCUT2D eigenvalue weighted by atomic mass is 16.4.